The van der Waals surface area contributed by atoms with Crippen molar-refractivity contribution >= 4 is 32.9 Å². The van der Waals surface area contributed by atoms with Crippen LogP contribution in [0.3, 0.4) is 0 Å². The average Bonchev–Trinajstić information content (AvgIpc) is 2.99. The first-order chi connectivity index (χ1) is 13.4. The number of aromatic nitrogens is 2. The molecule has 1 atom stereocenters. The van der Waals surface area contributed by atoms with Crippen LogP contribution in [-0.4, -0.2) is 20.4 Å². The molecule has 0 radical (unpaired) electrons. The van der Waals surface area contributed by atoms with Gasteiger partial charge in [-0.25, -0.2) is 31.5 Å². The third-order valence-electron chi connectivity index (χ3n) is 4.18. The van der Waals surface area contributed by atoms with E-state index in [1.807, 2.05) is 0 Å². The second-order valence-electron chi connectivity index (χ2n) is 6.43. The van der Waals surface area contributed by atoms with E-state index in [2.05, 4.69) is 9.97 Å². The highest BCUT2D eigenvalue weighted by Gasteiger charge is 2.27. The van der Waals surface area contributed by atoms with E-state index in [1.54, 1.807) is 0 Å². The number of hydrogen-bond acceptors (Lipinski definition) is 3. The molecule has 1 heterocycles. The first-order valence-corrected chi connectivity index (χ1v) is 10.7. The molecule has 0 spiro atoms. The van der Waals surface area contributed by atoms with E-state index in [-0.39, 0.29) is 22.0 Å². The minimum atomic E-state index is -3.22. The molecule has 3 aromatic rings. The van der Waals surface area contributed by atoms with Gasteiger partial charge in [-0.15, -0.1) is 0 Å². The molecule has 2 aromatic carbocycles. The van der Waals surface area contributed by atoms with Crippen LogP contribution in [0.5, 0.6) is 0 Å². The lowest BCUT2D eigenvalue weighted by molar-refractivity contribution is 0.504. The summed E-state index contributed by atoms with van der Waals surface area (Å²) in [6, 6.07) is 3.90. The van der Waals surface area contributed by atoms with Crippen molar-refractivity contribution in [1.29, 1.82) is 4.78 Å². The Bertz CT molecular complexity index is 1120. The molecule has 2 N–H and O–H groups in total. The van der Waals surface area contributed by atoms with Gasteiger partial charge in [0.2, 0.25) is 0 Å². The maximum Gasteiger partial charge on any atom is 0.177 e. The number of aryl methyl sites for hydroxylation is 1. The fourth-order valence-electron chi connectivity index (χ4n) is 2.97. The Morgan fingerprint density at radius 1 is 1.00 bits per heavy atom. The molecule has 0 fully saturated rings. The minimum absolute atomic E-state index is 0.0449. The van der Waals surface area contributed by atoms with Gasteiger partial charge in [0.05, 0.1) is 25.7 Å². The molecule has 0 saturated carbocycles. The highest BCUT2D eigenvalue weighted by Crippen LogP contribution is 2.36. The smallest absolute Gasteiger partial charge is 0.177 e. The molecule has 11 heteroatoms. The molecule has 3 rings (SSSR count). The van der Waals surface area contributed by atoms with Crippen LogP contribution in [0.4, 0.5) is 17.6 Å². The molecule has 154 valence electrons. The zero-order valence-electron chi connectivity index (χ0n) is 14.9. The summed E-state index contributed by atoms with van der Waals surface area (Å²) >= 11 is 11.5. The van der Waals surface area contributed by atoms with Crippen LogP contribution in [0.15, 0.2) is 29.3 Å². The maximum absolute atomic E-state index is 14.0. The fraction of sp³-hybridized carbons (Fsp3) is 0.167. The summed E-state index contributed by atoms with van der Waals surface area (Å²) < 4.78 is 75.2. The molecule has 0 aliphatic heterocycles. The Labute approximate surface area is 173 Å². The molecule has 0 aliphatic rings. The lowest BCUT2D eigenvalue weighted by atomic mass is 9.90. The zero-order chi connectivity index (χ0) is 21.7. The van der Waals surface area contributed by atoms with Gasteiger partial charge < -0.3 is 4.98 Å². The highest BCUT2D eigenvalue weighted by molar-refractivity contribution is 7.91. The van der Waals surface area contributed by atoms with Gasteiger partial charge in [-0.3, -0.25) is 0 Å². The summed E-state index contributed by atoms with van der Waals surface area (Å²) in [5, 5.41) is -1.11. The van der Waals surface area contributed by atoms with Crippen molar-refractivity contribution in [1.82, 2.24) is 9.97 Å². The third kappa shape index (κ3) is 4.12. The minimum Gasteiger partial charge on any atom is -0.344 e. The topological polar surface area (TPSA) is 69.6 Å². The number of aromatic amines is 1. The molecular formula is C18H13Cl2F4N3OS. The van der Waals surface area contributed by atoms with Crippen LogP contribution in [0, 0.1) is 35.0 Å². The number of benzene rings is 2. The van der Waals surface area contributed by atoms with Gasteiger partial charge in [0.25, 0.3) is 0 Å². The van der Waals surface area contributed by atoms with Gasteiger partial charge in [0.1, 0.15) is 5.82 Å². The van der Waals surface area contributed by atoms with Gasteiger partial charge in [-0.2, -0.15) is 0 Å². The van der Waals surface area contributed by atoms with Crippen LogP contribution < -0.4 is 0 Å². The van der Waals surface area contributed by atoms with E-state index in [4.69, 9.17) is 28.0 Å². The molecule has 0 saturated heterocycles. The number of rotatable bonds is 4. The summed E-state index contributed by atoms with van der Waals surface area (Å²) in [6.45, 7) is 1.52. The van der Waals surface area contributed by atoms with E-state index < -0.39 is 49.0 Å². The van der Waals surface area contributed by atoms with Crippen LogP contribution in [0.25, 0.3) is 0 Å². The Morgan fingerprint density at radius 2 is 1.45 bits per heavy atom. The van der Waals surface area contributed by atoms with E-state index >= 15 is 0 Å². The Balaban J connectivity index is 2.32. The number of halogens is 6. The van der Waals surface area contributed by atoms with E-state index in [0.717, 1.165) is 30.5 Å². The number of H-pyrrole nitrogens is 1. The van der Waals surface area contributed by atoms with Gasteiger partial charge >= 0.3 is 0 Å². The zero-order valence-corrected chi connectivity index (χ0v) is 17.2. The van der Waals surface area contributed by atoms with Gasteiger partial charge in [-0.05, 0) is 42.3 Å². The number of imidazole rings is 1. The van der Waals surface area contributed by atoms with Crippen LogP contribution in [0.1, 0.15) is 28.6 Å². The fourth-order valence-corrected chi connectivity index (χ4v) is 4.31. The van der Waals surface area contributed by atoms with Gasteiger partial charge in [0, 0.05) is 11.9 Å². The van der Waals surface area contributed by atoms with E-state index in [0.29, 0.717) is 5.69 Å². The Kier molecular flexibility index (Phi) is 5.68. The second-order valence-corrected chi connectivity index (χ2v) is 9.31. The monoisotopic (exact) mass is 465 g/mol. The normalized spacial score (nSPS) is 13.7. The SMILES string of the molecule is Cc1[nH]c(C(c2cc(F)c(F)c(Cl)c2)c2cc(F)c(F)c(Cl)c2)nc1[S@@](C)(=N)=O. The van der Waals surface area contributed by atoms with Crippen LogP contribution in [0.2, 0.25) is 10.0 Å². The predicted molar refractivity (Wildman–Crippen MR) is 102 cm³/mol. The van der Waals surface area contributed by atoms with Gasteiger partial charge in [-0.1, -0.05) is 23.2 Å². The van der Waals surface area contributed by atoms with Gasteiger partial charge in [0.15, 0.2) is 28.3 Å². The lowest BCUT2D eigenvalue weighted by Gasteiger charge is -2.17. The first-order valence-electron chi connectivity index (χ1n) is 7.99. The van der Waals surface area contributed by atoms with Crippen molar-refractivity contribution in [3.05, 3.63) is 80.2 Å². The summed E-state index contributed by atoms with van der Waals surface area (Å²) in [7, 11) is -3.22. The van der Waals surface area contributed by atoms with Crippen LogP contribution >= 0.6 is 23.2 Å². The largest absolute Gasteiger partial charge is 0.344 e. The number of nitrogens with zero attached hydrogens (tertiary/aromatic N) is 1. The molecule has 1 aromatic heterocycles. The van der Waals surface area contributed by atoms with E-state index in [1.165, 1.54) is 6.92 Å². The Hall–Kier alpha value is -2.10. The number of hydrogen-bond donors (Lipinski definition) is 2. The first kappa shape index (κ1) is 21.6. The molecule has 4 nitrogen and oxygen atoms in total. The average molecular weight is 466 g/mol. The Morgan fingerprint density at radius 3 is 1.79 bits per heavy atom. The van der Waals surface area contributed by atoms with Crippen molar-refractivity contribution in [2.45, 2.75) is 17.9 Å². The maximum atomic E-state index is 14.0. The molecule has 0 bridgehead atoms. The molecule has 0 unspecified atom stereocenters. The van der Waals surface area contributed by atoms with Crippen molar-refractivity contribution in [2.75, 3.05) is 6.26 Å². The molecule has 29 heavy (non-hydrogen) atoms. The lowest BCUT2D eigenvalue weighted by Crippen LogP contribution is -2.09. The van der Waals surface area contributed by atoms with Crippen LogP contribution in [-0.2, 0) is 9.73 Å². The second kappa shape index (κ2) is 7.62. The predicted octanol–water partition coefficient (Wildman–Crippen LogP) is 5.80. The standard InChI is InChI=1S/C18H13Cl2F4N3OS/c1-7-18(29(2,25)28)27-17(26-7)14(8-3-10(19)15(23)12(21)5-8)9-4-11(20)16(24)13(22)6-9/h3-6,14,25H,1-2H3,(H,26,27)/t29-/m0/s1. The number of nitrogens with one attached hydrogen (secondary N) is 2. The van der Waals surface area contributed by atoms with E-state index in [9.17, 15) is 21.8 Å². The third-order valence-corrected chi connectivity index (χ3v) is 5.87. The summed E-state index contributed by atoms with van der Waals surface area (Å²) in [4.78, 5) is 6.99. The molecule has 0 amide bonds. The summed E-state index contributed by atoms with van der Waals surface area (Å²) in [6.07, 6.45) is 1.16. The molecule has 0 aliphatic carbocycles. The van der Waals surface area contributed by atoms with Crippen molar-refractivity contribution in [3.63, 3.8) is 0 Å². The van der Waals surface area contributed by atoms with Crippen molar-refractivity contribution < 1.29 is 21.8 Å². The highest BCUT2D eigenvalue weighted by atomic mass is 35.5. The quantitative estimate of drug-likeness (QED) is 0.377. The summed E-state index contributed by atoms with van der Waals surface area (Å²) in [5.41, 5.74) is 0.419. The van der Waals surface area contributed by atoms with Crippen molar-refractivity contribution in [3.8, 4) is 0 Å². The summed E-state index contributed by atoms with van der Waals surface area (Å²) in [5.74, 6) is -6.09. The van der Waals surface area contributed by atoms with Crippen molar-refractivity contribution in [2.24, 2.45) is 0 Å². The molecular weight excluding hydrogens is 453 g/mol.